The van der Waals surface area contributed by atoms with E-state index >= 15 is 0 Å². The summed E-state index contributed by atoms with van der Waals surface area (Å²) in [5.74, 6) is 0. The summed E-state index contributed by atoms with van der Waals surface area (Å²) in [7, 11) is -3.20. The van der Waals surface area contributed by atoms with Crippen LogP contribution in [-0.4, -0.2) is 89.8 Å². The summed E-state index contributed by atoms with van der Waals surface area (Å²) in [6.45, 7) is 0. The predicted molar refractivity (Wildman–Crippen MR) is 38.8 cm³/mol. The van der Waals surface area contributed by atoms with Crippen LogP contribution in [0.4, 0.5) is 0 Å². The van der Waals surface area contributed by atoms with Crippen molar-refractivity contribution < 1.29 is 18.8 Å². The second-order valence-electron chi connectivity index (χ2n) is 0.673. The van der Waals surface area contributed by atoms with Crippen LogP contribution in [0.2, 0.25) is 0 Å². The minimum absolute atomic E-state index is 0. The van der Waals surface area contributed by atoms with E-state index in [-0.39, 0.29) is 71.9 Å². The molecule has 8 heteroatoms. The van der Waals surface area contributed by atoms with Crippen LogP contribution in [-0.2, 0) is 9.01 Å². The van der Waals surface area contributed by atoms with E-state index < -0.39 is 7.82 Å². The van der Waals surface area contributed by atoms with Crippen LogP contribution >= 0.6 is 7.82 Å². The molecule has 0 spiro atoms. The average Bonchev–Trinajstić information content (AvgIpc) is 1.35. The van der Waals surface area contributed by atoms with E-state index in [4.69, 9.17) is 9.79 Å². The van der Waals surface area contributed by atoms with E-state index in [0.717, 1.165) is 8.05 Å². The molecule has 0 aliphatic carbocycles. The molecule has 0 heterocycles. The molecule has 0 unspecified atom stereocenters. The molecule has 0 amide bonds. The molecule has 4 nitrogen and oxygen atoms in total. The molecular formula is H8BBaMgO4P. The standard InChI is InChI=1S/BH4O4P.Ba.Mg.4H/c1-5-6(2,3)4;;;;;;/h1H2,(H2,2,3,4);;;;;;. The first-order valence-electron chi connectivity index (χ1n) is 1.17. The Labute approximate surface area is 105 Å². The van der Waals surface area contributed by atoms with E-state index in [1.807, 2.05) is 0 Å². The topological polar surface area (TPSA) is 66.8 Å². The van der Waals surface area contributed by atoms with Crippen LogP contribution in [0.25, 0.3) is 0 Å². The van der Waals surface area contributed by atoms with Crippen molar-refractivity contribution in [3.8, 4) is 0 Å². The Hall–Kier alpha value is 2.51. The third-order valence-corrected chi connectivity index (χ3v) is 0.714. The first-order valence-corrected chi connectivity index (χ1v) is 2.70. The maximum atomic E-state index is 9.47. The van der Waals surface area contributed by atoms with Gasteiger partial charge in [-0.15, -0.1) is 0 Å². The van der Waals surface area contributed by atoms with Crippen molar-refractivity contribution in [2.75, 3.05) is 0 Å². The molecule has 0 aromatic rings. The van der Waals surface area contributed by atoms with Gasteiger partial charge in [0.25, 0.3) is 8.05 Å². The third-order valence-electron chi connectivity index (χ3n) is 0.238. The molecule has 44 valence electrons. The van der Waals surface area contributed by atoms with Crippen molar-refractivity contribution in [3.63, 3.8) is 0 Å². The molecule has 0 aromatic heterocycles. The fourth-order valence-corrected chi connectivity index (χ4v) is 0. The van der Waals surface area contributed by atoms with Crippen LogP contribution in [0.1, 0.15) is 0 Å². The molecular weight excluding hydrogens is 267 g/mol. The fourth-order valence-electron chi connectivity index (χ4n) is 0. The van der Waals surface area contributed by atoms with Gasteiger partial charge in [-0.25, -0.2) is 4.57 Å². The average molecular weight is 275 g/mol. The first kappa shape index (κ1) is 16.9. The minimum Gasteiger partial charge on any atom is 0.316 e. The number of rotatable bonds is 1. The van der Waals surface area contributed by atoms with Crippen LogP contribution in [0.3, 0.4) is 0 Å². The Balaban J connectivity index is -0.000000125. The van der Waals surface area contributed by atoms with Crippen LogP contribution < -0.4 is 0 Å². The summed E-state index contributed by atoms with van der Waals surface area (Å²) in [5.41, 5.74) is 0. The normalized spacial score (nSPS) is 8.75. The van der Waals surface area contributed by atoms with Gasteiger partial charge in [0.1, 0.15) is 0 Å². The van der Waals surface area contributed by atoms with Crippen molar-refractivity contribution in [1.29, 1.82) is 0 Å². The zero-order valence-electron chi connectivity index (χ0n) is 3.16. The molecule has 0 rings (SSSR count). The van der Waals surface area contributed by atoms with E-state index in [1.54, 1.807) is 0 Å². The monoisotopic (exact) mass is 276 g/mol. The van der Waals surface area contributed by atoms with Gasteiger partial charge in [-0.1, -0.05) is 0 Å². The molecule has 0 aliphatic heterocycles. The largest absolute Gasteiger partial charge is 0.316 e. The SMILES string of the molecule is BOP(=O)(O)O.[BaH2].[MgH2]. The van der Waals surface area contributed by atoms with Crippen LogP contribution in [0.15, 0.2) is 0 Å². The molecule has 2 N–H and O–H groups in total. The van der Waals surface area contributed by atoms with Crippen LogP contribution in [0, 0.1) is 0 Å². The van der Waals surface area contributed by atoms with E-state index in [1.165, 1.54) is 0 Å². The summed E-state index contributed by atoms with van der Waals surface area (Å²) in [6, 6.07) is 0. The molecule has 0 atom stereocenters. The smallest absolute Gasteiger partial charge is 0.316 e. The van der Waals surface area contributed by atoms with E-state index in [2.05, 4.69) is 4.44 Å². The van der Waals surface area contributed by atoms with Gasteiger partial charge < -0.3 is 14.2 Å². The summed E-state index contributed by atoms with van der Waals surface area (Å²) in [5, 5.41) is 0. The number of hydrogen-bond donors (Lipinski definition) is 2. The van der Waals surface area contributed by atoms with Gasteiger partial charge >= 0.3 is 79.8 Å². The molecule has 0 radical (unpaired) electrons. The second kappa shape index (κ2) is 7.62. The molecule has 8 heavy (non-hydrogen) atoms. The summed E-state index contributed by atoms with van der Waals surface area (Å²) in [4.78, 5) is 15.4. The predicted octanol–water partition coefficient (Wildman–Crippen LogP) is -3.19. The van der Waals surface area contributed by atoms with Crippen LogP contribution in [0.5, 0.6) is 0 Å². The molecule has 0 saturated heterocycles. The Bertz CT molecular complexity index is 80.1. The molecule has 0 aliphatic rings. The number of phosphoric acid groups is 1. The Morgan fingerprint density at radius 1 is 1.50 bits per heavy atom. The maximum absolute atomic E-state index is 9.47. The second-order valence-corrected chi connectivity index (χ2v) is 2.02. The Morgan fingerprint density at radius 3 is 1.62 bits per heavy atom. The fraction of sp³-hybridized carbons (Fsp3) is 0. The Morgan fingerprint density at radius 2 is 1.62 bits per heavy atom. The quantitative estimate of drug-likeness (QED) is 0.391. The zero-order chi connectivity index (χ0) is 5.21. The van der Waals surface area contributed by atoms with Crippen molar-refractivity contribution >= 4 is 87.8 Å². The summed E-state index contributed by atoms with van der Waals surface area (Å²) < 4.78 is 13.1. The van der Waals surface area contributed by atoms with Gasteiger partial charge in [0, 0.05) is 0 Å². The molecule has 0 bridgehead atoms. The van der Waals surface area contributed by atoms with Crippen molar-refractivity contribution in [2.45, 2.75) is 0 Å². The molecule has 0 saturated carbocycles. The van der Waals surface area contributed by atoms with Gasteiger partial charge in [-0.05, 0) is 0 Å². The number of hydrogen-bond acceptors (Lipinski definition) is 2. The maximum Gasteiger partial charge on any atom is 0.316 e. The van der Waals surface area contributed by atoms with Gasteiger partial charge in [-0.3, -0.25) is 0 Å². The molecule has 0 fully saturated rings. The van der Waals surface area contributed by atoms with Gasteiger partial charge in [0.2, 0.25) is 0 Å². The van der Waals surface area contributed by atoms with E-state index in [9.17, 15) is 4.57 Å². The summed E-state index contributed by atoms with van der Waals surface area (Å²) >= 11 is 0. The summed E-state index contributed by atoms with van der Waals surface area (Å²) in [6.07, 6.45) is 0. The van der Waals surface area contributed by atoms with Crippen molar-refractivity contribution in [2.24, 2.45) is 0 Å². The van der Waals surface area contributed by atoms with E-state index in [0.29, 0.717) is 0 Å². The van der Waals surface area contributed by atoms with Crippen molar-refractivity contribution in [3.05, 3.63) is 0 Å². The van der Waals surface area contributed by atoms with Gasteiger partial charge in [0.05, 0.1) is 0 Å². The Kier molecular flexibility index (Phi) is 16.0. The first-order chi connectivity index (χ1) is 2.56. The zero-order valence-corrected chi connectivity index (χ0v) is 4.05. The van der Waals surface area contributed by atoms with Gasteiger partial charge in [-0.2, -0.15) is 0 Å². The molecule has 0 aromatic carbocycles. The minimum atomic E-state index is -4.15. The third kappa shape index (κ3) is 15.8. The van der Waals surface area contributed by atoms with Gasteiger partial charge in [0.15, 0.2) is 0 Å². The van der Waals surface area contributed by atoms with Crippen molar-refractivity contribution in [1.82, 2.24) is 0 Å².